The zero-order chi connectivity index (χ0) is 32.7. The number of anilines is 2. The Morgan fingerprint density at radius 3 is 1.79 bits per heavy atom. The van der Waals surface area contributed by atoms with Crippen LogP contribution in [0.4, 0.5) is 11.5 Å². The topological polar surface area (TPSA) is 74.6 Å². The normalized spacial score (nSPS) is 12.6. The van der Waals surface area contributed by atoms with Crippen molar-refractivity contribution in [3.8, 4) is 56.2 Å². The molecule has 2 N–H and O–H groups in total. The van der Waals surface area contributed by atoms with Gasteiger partial charge < -0.3 is 10.7 Å². The zero-order valence-electron chi connectivity index (χ0n) is 26.8. The molecule has 0 spiro atoms. The van der Waals surface area contributed by atoms with Crippen molar-refractivity contribution in [2.75, 3.05) is 5.32 Å². The highest BCUT2D eigenvalue weighted by Gasteiger charge is 2.38. The maximum atomic E-state index is 8.38. The molecule has 0 saturated heterocycles. The molecule has 8 rings (SSSR count). The van der Waals surface area contributed by atoms with Gasteiger partial charge in [0, 0.05) is 51.3 Å². The van der Waals surface area contributed by atoms with Crippen molar-refractivity contribution in [2.24, 2.45) is 0 Å². The maximum Gasteiger partial charge on any atom is 0.160 e. The van der Waals surface area contributed by atoms with E-state index in [1.54, 1.807) is 0 Å². The second-order valence-corrected chi connectivity index (χ2v) is 12.6. The third-order valence-electron chi connectivity index (χ3n) is 9.25. The summed E-state index contributed by atoms with van der Waals surface area (Å²) in [5.74, 6) is 1.40. The van der Waals surface area contributed by atoms with Crippen molar-refractivity contribution in [1.29, 1.82) is 5.41 Å². The van der Waals surface area contributed by atoms with Crippen molar-refractivity contribution in [3.05, 3.63) is 162 Å². The summed E-state index contributed by atoms with van der Waals surface area (Å²) in [6.07, 6.45) is 3.39. The van der Waals surface area contributed by atoms with Crippen molar-refractivity contribution >= 4 is 17.7 Å². The molecule has 0 unspecified atom stereocenters. The second kappa shape index (κ2) is 11.9. The van der Waals surface area contributed by atoms with Gasteiger partial charge in [-0.15, -0.1) is 0 Å². The molecule has 7 aromatic rings. The fourth-order valence-electron chi connectivity index (χ4n) is 6.83. The van der Waals surface area contributed by atoms with Gasteiger partial charge in [0.1, 0.15) is 5.82 Å². The lowest BCUT2D eigenvalue weighted by molar-refractivity contribution is 0.659. The summed E-state index contributed by atoms with van der Waals surface area (Å²) in [5.41, 5.74) is 13.2. The van der Waals surface area contributed by atoms with Crippen LogP contribution in [0.25, 0.3) is 56.2 Å². The van der Waals surface area contributed by atoms with Crippen molar-refractivity contribution < 1.29 is 0 Å². The molecule has 0 amide bonds. The van der Waals surface area contributed by atoms with Crippen LogP contribution in [0.3, 0.4) is 0 Å². The summed E-state index contributed by atoms with van der Waals surface area (Å²) in [6, 6.07) is 47.8. The third-order valence-corrected chi connectivity index (χ3v) is 9.25. The minimum Gasteiger partial charge on any atom is -0.340 e. The van der Waals surface area contributed by atoms with Gasteiger partial charge in [0.2, 0.25) is 0 Å². The number of benzene rings is 5. The molecule has 5 aromatic carbocycles. The first-order valence-corrected chi connectivity index (χ1v) is 16.1. The number of pyridine rings is 1. The molecule has 0 radical (unpaired) electrons. The summed E-state index contributed by atoms with van der Waals surface area (Å²) in [4.78, 5) is 14.7. The highest BCUT2D eigenvalue weighted by atomic mass is 15.0. The molecule has 5 nitrogen and oxygen atoms in total. The third kappa shape index (κ3) is 5.16. The second-order valence-electron chi connectivity index (χ2n) is 12.6. The van der Waals surface area contributed by atoms with E-state index in [0.29, 0.717) is 11.6 Å². The van der Waals surface area contributed by atoms with Gasteiger partial charge in [0.05, 0.1) is 11.4 Å². The van der Waals surface area contributed by atoms with Crippen molar-refractivity contribution in [2.45, 2.75) is 19.3 Å². The van der Waals surface area contributed by atoms with Gasteiger partial charge in [-0.3, -0.25) is 0 Å². The van der Waals surface area contributed by atoms with Crippen molar-refractivity contribution in [1.82, 2.24) is 15.0 Å². The highest BCUT2D eigenvalue weighted by Crippen LogP contribution is 2.51. The van der Waals surface area contributed by atoms with Crippen LogP contribution < -0.4 is 5.32 Å². The van der Waals surface area contributed by atoms with E-state index < -0.39 is 0 Å². The monoisotopic (exact) mass is 619 g/mol. The smallest absolute Gasteiger partial charge is 0.160 e. The Morgan fingerprint density at radius 1 is 0.583 bits per heavy atom. The molecule has 230 valence electrons. The van der Waals surface area contributed by atoms with Gasteiger partial charge in [-0.25, -0.2) is 15.0 Å². The first-order chi connectivity index (χ1) is 23.5. The molecule has 0 bridgehead atoms. The highest BCUT2D eigenvalue weighted by molar-refractivity contribution is 5.96. The zero-order valence-corrected chi connectivity index (χ0v) is 26.8. The minimum atomic E-state index is -0.282. The fourth-order valence-corrected chi connectivity index (χ4v) is 6.83. The van der Waals surface area contributed by atoms with Gasteiger partial charge >= 0.3 is 0 Å². The number of nitrogens with one attached hydrogen (secondary N) is 2. The molecule has 48 heavy (non-hydrogen) atoms. The van der Waals surface area contributed by atoms with Crippen LogP contribution in [0.1, 0.15) is 30.5 Å². The Bertz CT molecular complexity index is 2220. The van der Waals surface area contributed by atoms with Gasteiger partial charge in [-0.05, 0) is 52.1 Å². The van der Waals surface area contributed by atoms with Crippen LogP contribution in [-0.2, 0) is 5.41 Å². The molecule has 1 aliphatic carbocycles. The lowest BCUT2D eigenvalue weighted by Crippen LogP contribution is -2.18. The number of hydrogen-bond donors (Lipinski definition) is 2. The maximum absolute atomic E-state index is 8.38. The van der Waals surface area contributed by atoms with E-state index in [-0.39, 0.29) is 5.41 Å². The van der Waals surface area contributed by atoms with E-state index in [9.17, 15) is 0 Å². The molecular weight excluding hydrogens is 587 g/mol. The predicted octanol–water partition coefficient (Wildman–Crippen LogP) is 10.6. The quantitative estimate of drug-likeness (QED) is 0.174. The molecule has 0 fully saturated rings. The Morgan fingerprint density at radius 2 is 1.15 bits per heavy atom. The van der Waals surface area contributed by atoms with E-state index in [4.69, 9.17) is 20.4 Å². The first-order valence-electron chi connectivity index (χ1n) is 16.1. The Labute approximate surface area is 280 Å². The van der Waals surface area contributed by atoms with Crippen LogP contribution >= 0.6 is 0 Å². The summed E-state index contributed by atoms with van der Waals surface area (Å²) in [6.45, 7) is 4.47. The number of hydrogen-bond acceptors (Lipinski definition) is 5. The summed E-state index contributed by atoms with van der Waals surface area (Å²) in [5, 5.41) is 11.8. The SMILES string of the molecule is CC1(C)c2ccc(-c3ccc(-c4cc(-c5ccccc5)nc(-c5ccccc5)n4)cc3)cc2-c2cnc(Nc3ccccc3)c(C=N)c21. The van der Waals surface area contributed by atoms with E-state index in [2.05, 4.69) is 79.8 Å². The van der Waals surface area contributed by atoms with Crippen molar-refractivity contribution in [3.63, 3.8) is 0 Å². The number of rotatable bonds is 7. The standard InChI is InChI=1S/C43H33N5/c1-43(2)37-23-22-32(24-34(37)36-27-45-42(35(26-44)40(36)43)46-33-16-10-5-11-17-33)28-18-20-30(21-19-28)39-25-38(29-12-6-3-7-13-29)47-41(48-39)31-14-8-4-9-15-31/h3-27,44H,1-2H3,(H,45,46). The minimum absolute atomic E-state index is 0.282. The number of aromatic nitrogens is 3. The Hall–Kier alpha value is -6.20. The molecule has 2 aromatic heterocycles. The van der Waals surface area contributed by atoms with Gasteiger partial charge in [-0.2, -0.15) is 0 Å². The van der Waals surface area contributed by atoms with E-state index >= 15 is 0 Å². The molecule has 0 aliphatic heterocycles. The van der Waals surface area contributed by atoms with E-state index in [1.807, 2.05) is 85.1 Å². The number of nitrogens with zero attached hydrogens (tertiary/aromatic N) is 3. The summed E-state index contributed by atoms with van der Waals surface area (Å²) < 4.78 is 0. The largest absolute Gasteiger partial charge is 0.340 e. The fraction of sp³-hybridized carbons (Fsp3) is 0.0698. The summed E-state index contributed by atoms with van der Waals surface area (Å²) in [7, 11) is 0. The van der Waals surface area contributed by atoms with E-state index in [1.165, 1.54) is 11.8 Å². The average Bonchev–Trinajstić information content (AvgIpc) is 3.38. The van der Waals surface area contributed by atoms with Crippen LogP contribution in [-0.4, -0.2) is 21.2 Å². The molecule has 0 atom stereocenters. The Kier molecular flexibility index (Phi) is 7.22. The van der Waals surface area contributed by atoms with Crippen LogP contribution in [0.15, 0.2) is 146 Å². The number of para-hydroxylation sites is 1. The molecule has 2 heterocycles. The van der Waals surface area contributed by atoms with Crippen LogP contribution in [0.5, 0.6) is 0 Å². The molecule has 1 aliphatic rings. The summed E-state index contributed by atoms with van der Waals surface area (Å²) >= 11 is 0. The first kappa shape index (κ1) is 29.2. The molecule has 5 heteroatoms. The van der Waals surface area contributed by atoms with Crippen LogP contribution in [0.2, 0.25) is 0 Å². The lowest BCUT2D eigenvalue weighted by atomic mass is 9.80. The van der Waals surface area contributed by atoms with Gasteiger partial charge in [-0.1, -0.05) is 129 Å². The molecular formula is C43H33N5. The van der Waals surface area contributed by atoms with Gasteiger partial charge in [0.25, 0.3) is 0 Å². The molecule has 0 saturated carbocycles. The number of fused-ring (bicyclic) bond motifs is 3. The Balaban J connectivity index is 1.16. The predicted molar refractivity (Wildman–Crippen MR) is 197 cm³/mol. The average molecular weight is 620 g/mol. The van der Waals surface area contributed by atoms with Crippen LogP contribution in [0, 0.1) is 5.41 Å². The lowest BCUT2D eigenvalue weighted by Gasteiger charge is -2.24. The van der Waals surface area contributed by atoms with E-state index in [0.717, 1.165) is 67.1 Å². The van der Waals surface area contributed by atoms with Gasteiger partial charge in [0.15, 0.2) is 5.82 Å².